The van der Waals surface area contributed by atoms with E-state index in [0.29, 0.717) is 11.6 Å². The van der Waals surface area contributed by atoms with Gasteiger partial charge in [-0.05, 0) is 38.0 Å². The van der Waals surface area contributed by atoms with Gasteiger partial charge in [0.2, 0.25) is 5.91 Å². The first-order valence-corrected chi connectivity index (χ1v) is 7.33. The molecule has 2 aliphatic rings. The molecule has 0 saturated heterocycles. The van der Waals surface area contributed by atoms with Crippen LogP contribution in [0.25, 0.3) is 0 Å². The van der Waals surface area contributed by atoms with Crippen molar-refractivity contribution in [3.63, 3.8) is 0 Å². The van der Waals surface area contributed by atoms with Crippen LogP contribution in [-0.2, 0) is 4.79 Å². The number of rotatable bonds is 2. The molecule has 1 heterocycles. The zero-order valence-corrected chi connectivity index (χ0v) is 11.8. The summed E-state index contributed by atoms with van der Waals surface area (Å²) in [5.74, 6) is 0.0285. The van der Waals surface area contributed by atoms with E-state index < -0.39 is 0 Å². The van der Waals surface area contributed by atoms with E-state index in [4.69, 9.17) is 0 Å². The summed E-state index contributed by atoms with van der Waals surface area (Å²) in [5.41, 5.74) is 1.40. The molecule has 0 radical (unpaired) electrons. The van der Waals surface area contributed by atoms with E-state index in [9.17, 15) is 9.59 Å². The van der Waals surface area contributed by atoms with E-state index in [1.54, 1.807) is 11.0 Å². The molecule has 0 aromatic heterocycles. The number of fused-ring (bicyclic) bond motifs is 1. The van der Waals surface area contributed by atoms with Crippen LogP contribution in [0.3, 0.4) is 0 Å². The molecule has 100 valence electrons. The summed E-state index contributed by atoms with van der Waals surface area (Å²) in [4.78, 5) is 26.7. The average Bonchev–Trinajstić information content (AvgIpc) is 3.22. The van der Waals surface area contributed by atoms with Gasteiger partial charge in [0.1, 0.15) is 0 Å². The van der Waals surface area contributed by atoms with Crippen molar-refractivity contribution in [3.8, 4) is 0 Å². The number of nitrogens with one attached hydrogen (secondary N) is 1. The Balaban J connectivity index is 1.86. The SMILES string of the molecule is C[C@H]1Sc2ccc(C(=O)N(C)C3CC3)cc2NC1=O. The van der Waals surface area contributed by atoms with Crippen LogP contribution in [-0.4, -0.2) is 35.1 Å². The molecule has 4 nitrogen and oxygen atoms in total. The van der Waals surface area contributed by atoms with Gasteiger partial charge in [0.05, 0.1) is 10.9 Å². The molecule has 1 fully saturated rings. The van der Waals surface area contributed by atoms with Gasteiger partial charge in [-0.3, -0.25) is 9.59 Å². The minimum atomic E-state index is -0.0804. The van der Waals surface area contributed by atoms with Crippen molar-refractivity contribution in [2.45, 2.75) is 36.0 Å². The minimum absolute atomic E-state index is 0.00218. The van der Waals surface area contributed by atoms with Crippen molar-refractivity contribution in [1.29, 1.82) is 0 Å². The van der Waals surface area contributed by atoms with E-state index in [0.717, 1.165) is 23.4 Å². The van der Waals surface area contributed by atoms with E-state index in [1.165, 1.54) is 11.8 Å². The zero-order valence-electron chi connectivity index (χ0n) is 11.0. The third-order valence-electron chi connectivity index (χ3n) is 3.57. The van der Waals surface area contributed by atoms with Gasteiger partial charge in [-0.1, -0.05) is 0 Å². The van der Waals surface area contributed by atoms with Gasteiger partial charge in [-0.25, -0.2) is 0 Å². The maximum atomic E-state index is 12.3. The Morgan fingerprint density at radius 2 is 2.16 bits per heavy atom. The van der Waals surface area contributed by atoms with Crippen LogP contribution in [0.2, 0.25) is 0 Å². The molecule has 1 aromatic rings. The first kappa shape index (κ1) is 12.5. The van der Waals surface area contributed by atoms with Gasteiger partial charge >= 0.3 is 0 Å². The maximum absolute atomic E-state index is 12.3. The number of anilines is 1. The van der Waals surface area contributed by atoms with Crippen LogP contribution in [0, 0.1) is 0 Å². The Morgan fingerprint density at radius 1 is 1.42 bits per heavy atom. The second kappa shape index (κ2) is 4.56. The second-order valence-corrected chi connectivity index (χ2v) is 6.49. The molecule has 0 bridgehead atoms. The fourth-order valence-corrected chi connectivity index (χ4v) is 3.10. The Labute approximate surface area is 116 Å². The molecule has 1 saturated carbocycles. The third-order valence-corrected chi connectivity index (χ3v) is 4.75. The molecule has 1 N–H and O–H groups in total. The highest BCUT2D eigenvalue weighted by Gasteiger charge is 2.31. The summed E-state index contributed by atoms with van der Waals surface area (Å²) in [5, 5.41) is 2.78. The van der Waals surface area contributed by atoms with Gasteiger partial charge < -0.3 is 10.2 Å². The van der Waals surface area contributed by atoms with E-state index >= 15 is 0 Å². The molecule has 5 heteroatoms. The fourth-order valence-electron chi connectivity index (χ4n) is 2.17. The lowest BCUT2D eigenvalue weighted by molar-refractivity contribution is -0.115. The van der Waals surface area contributed by atoms with Crippen molar-refractivity contribution < 1.29 is 9.59 Å². The summed E-state index contributed by atoms with van der Waals surface area (Å²) in [6, 6.07) is 5.95. The molecule has 1 aliphatic heterocycles. The Bertz CT molecular complexity index is 554. The predicted octanol–water partition coefficient (Wildman–Crippen LogP) is 2.35. The number of hydrogen-bond acceptors (Lipinski definition) is 3. The van der Waals surface area contributed by atoms with Crippen molar-refractivity contribution in [2.24, 2.45) is 0 Å². The third kappa shape index (κ3) is 2.34. The number of carbonyl (C=O) groups excluding carboxylic acids is 2. The van der Waals surface area contributed by atoms with Gasteiger partial charge in [0, 0.05) is 23.5 Å². The highest BCUT2D eigenvalue weighted by molar-refractivity contribution is 8.00. The first-order valence-electron chi connectivity index (χ1n) is 6.45. The Kier molecular flexibility index (Phi) is 3.01. The van der Waals surface area contributed by atoms with Crippen LogP contribution in [0.15, 0.2) is 23.1 Å². The van der Waals surface area contributed by atoms with Crippen LogP contribution in [0.5, 0.6) is 0 Å². The molecule has 1 aliphatic carbocycles. The summed E-state index contributed by atoms with van der Waals surface area (Å²) >= 11 is 1.53. The normalized spacial score (nSPS) is 21.6. The molecule has 0 spiro atoms. The molecule has 2 amide bonds. The van der Waals surface area contributed by atoms with E-state index in [2.05, 4.69) is 5.32 Å². The summed E-state index contributed by atoms with van der Waals surface area (Å²) in [6.07, 6.45) is 2.19. The quantitative estimate of drug-likeness (QED) is 0.902. The predicted molar refractivity (Wildman–Crippen MR) is 75.5 cm³/mol. The lowest BCUT2D eigenvalue weighted by Crippen LogP contribution is -2.30. The Hall–Kier alpha value is -1.49. The lowest BCUT2D eigenvalue weighted by atomic mass is 10.1. The number of hydrogen-bond donors (Lipinski definition) is 1. The average molecular weight is 276 g/mol. The highest BCUT2D eigenvalue weighted by atomic mass is 32.2. The van der Waals surface area contributed by atoms with Gasteiger partial charge in [-0.15, -0.1) is 11.8 Å². The number of thioether (sulfide) groups is 1. The van der Waals surface area contributed by atoms with Crippen LogP contribution >= 0.6 is 11.8 Å². The summed E-state index contributed by atoms with van der Waals surface area (Å²) < 4.78 is 0. The van der Waals surface area contributed by atoms with Crippen molar-refractivity contribution in [3.05, 3.63) is 23.8 Å². The smallest absolute Gasteiger partial charge is 0.253 e. The van der Waals surface area contributed by atoms with Crippen molar-refractivity contribution >= 4 is 29.3 Å². The van der Waals surface area contributed by atoms with E-state index in [-0.39, 0.29) is 17.1 Å². The Morgan fingerprint density at radius 3 is 2.84 bits per heavy atom. The van der Waals surface area contributed by atoms with Crippen molar-refractivity contribution in [1.82, 2.24) is 4.90 Å². The molecule has 19 heavy (non-hydrogen) atoms. The lowest BCUT2D eigenvalue weighted by Gasteiger charge is -2.23. The molecule has 1 atom stereocenters. The summed E-state index contributed by atoms with van der Waals surface area (Å²) in [6.45, 7) is 1.88. The standard InChI is InChI=1S/C14H16N2O2S/c1-8-13(17)15-11-7-9(3-6-12(11)19-8)14(18)16(2)10-4-5-10/h3,6-8,10H,4-5H2,1-2H3,(H,15,17)/t8-/m1/s1. The van der Waals surface area contributed by atoms with Crippen LogP contribution in [0.4, 0.5) is 5.69 Å². The monoisotopic (exact) mass is 276 g/mol. The minimum Gasteiger partial charge on any atom is -0.339 e. The molecule has 3 rings (SSSR count). The number of amides is 2. The number of carbonyl (C=O) groups is 2. The second-order valence-electron chi connectivity index (χ2n) is 5.11. The maximum Gasteiger partial charge on any atom is 0.253 e. The van der Waals surface area contributed by atoms with Gasteiger partial charge in [0.25, 0.3) is 5.91 Å². The summed E-state index contributed by atoms with van der Waals surface area (Å²) in [7, 11) is 1.84. The van der Waals surface area contributed by atoms with Crippen LogP contribution in [0.1, 0.15) is 30.1 Å². The highest BCUT2D eigenvalue weighted by Crippen LogP contribution is 2.36. The molecule has 0 unspecified atom stereocenters. The molecular weight excluding hydrogens is 260 g/mol. The molecule has 1 aromatic carbocycles. The fraction of sp³-hybridized carbons (Fsp3) is 0.429. The number of nitrogens with zero attached hydrogens (tertiary/aromatic N) is 1. The largest absolute Gasteiger partial charge is 0.339 e. The molecular formula is C14H16N2O2S. The topological polar surface area (TPSA) is 49.4 Å². The van der Waals surface area contributed by atoms with Crippen LogP contribution < -0.4 is 5.32 Å². The van der Waals surface area contributed by atoms with Gasteiger partial charge in [-0.2, -0.15) is 0 Å². The first-order chi connectivity index (χ1) is 9.06. The van der Waals surface area contributed by atoms with Gasteiger partial charge in [0.15, 0.2) is 0 Å². The van der Waals surface area contributed by atoms with E-state index in [1.807, 2.05) is 26.1 Å². The zero-order chi connectivity index (χ0) is 13.6. The number of benzene rings is 1. The van der Waals surface area contributed by atoms with Crippen molar-refractivity contribution in [2.75, 3.05) is 12.4 Å².